The van der Waals surface area contributed by atoms with E-state index in [9.17, 15) is 13.6 Å². The molecule has 0 aromatic carbocycles. The second kappa shape index (κ2) is 11.3. The maximum Gasteiger partial charge on any atom is 0.284 e. The van der Waals surface area contributed by atoms with E-state index in [0.29, 0.717) is 24.1 Å². The van der Waals surface area contributed by atoms with Gasteiger partial charge in [-0.1, -0.05) is 24.6 Å². The van der Waals surface area contributed by atoms with Crippen LogP contribution in [0.25, 0.3) is 0 Å². The van der Waals surface area contributed by atoms with Gasteiger partial charge in [0, 0.05) is 29.7 Å². The molecule has 0 bridgehead atoms. The lowest BCUT2D eigenvalue weighted by atomic mass is 10.1. The van der Waals surface area contributed by atoms with E-state index in [0.717, 1.165) is 6.20 Å². The summed E-state index contributed by atoms with van der Waals surface area (Å²) in [7, 11) is 0. The fourth-order valence-corrected chi connectivity index (χ4v) is 2.30. The van der Waals surface area contributed by atoms with Crippen molar-refractivity contribution in [3.8, 4) is 5.88 Å². The van der Waals surface area contributed by atoms with Crippen LogP contribution in [0.1, 0.15) is 35.7 Å². The number of halogens is 2. The summed E-state index contributed by atoms with van der Waals surface area (Å²) in [6.45, 7) is 3.38. The second-order valence-corrected chi connectivity index (χ2v) is 6.03. The lowest BCUT2D eigenvalue weighted by Gasteiger charge is -2.06. The molecule has 2 heterocycles. The molecule has 0 saturated carbocycles. The number of carbonyl (C=O) groups excluding carboxylic acids is 1. The quantitative estimate of drug-likeness (QED) is 0.402. The third-order valence-corrected chi connectivity index (χ3v) is 3.88. The van der Waals surface area contributed by atoms with Gasteiger partial charge in [-0.15, -0.1) is 0 Å². The highest BCUT2D eigenvalue weighted by Crippen LogP contribution is 2.14. The van der Waals surface area contributed by atoms with E-state index >= 15 is 0 Å². The van der Waals surface area contributed by atoms with Gasteiger partial charge in [0.2, 0.25) is 0 Å². The van der Waals surface area contributed by atoms with Gasteiger partial charge in [0.25, 0.3) is 11.8 Å². The summed E-state index contributed by atoms with van der Waals surface area (Å²) in [6.07, 6.45) is 10.4. The van der Waals surface area contributed by atoms with E-state index in [1.165, 1.54) is 49.9 Å². The summed E-state index contributed by atoms with van der Waals surface area (Å²) >= 11 is 0. The molecule has 2 rings (SSSR count). The van der Waals surface area contributed by atoms with Crippen LogP contribution in [-0.2, 0) is 0 Å². The van der Waals surface area contributed by atoms with Gasteiger partial charge in [-0.05, 0) is 37.8 Å². The molecule has 1 amide bonds. The Morgan fingerprint density at radius 2 is 2.10 bits per heavy atom. The molecule has 0 saturated heterocycles. The summed E-state index contributed by atoms with van der Waals surface area (Å²) in [4.78, 5) is 28.9. The SMILES string of the molecule is CCCC(=N\Oc1ncccc1F)/C(C=NC(=O)c1cncc(F)c1C)=C/C=C/N. The number of aliphatic imine (C=N–C) groups is 1. The lowest BCUT2D eigenvalue weighted by molar-refractivity contribution is 0.100. The van der Waals surface area contributed by atoms with Crippen LogP contribution in [0.4, 0.5) is 8.78 Å². The van der Waals surface area contributed by atoms with Crippen LogP contribution in [0, 0.1) is 18.6 Å². The Balaban J connectivity index is 2.34. The normalized spacial score (nSPS) is 12.7. The summed E-state index contributed by atoms with van der Waals surface area (Å²) in [5.74, 6) is -2.22. The molecule has 0 aliphatic rings. The fraction of sp³-hybridized carbons (Fsp3) is 0.190. The number of carbonyl (C=O) groups is 1. The third kappa shape index (κ3) is 6.13. The van der Waals surface area contributed by atoms with Gasteiger partial charge in [-0.25, -0.2) is 18.8 Å². The molecule has 0 radical (unpaired) electrons. The first-order valence-corrected chi connectivity index (χ1v) is 9.09. The van der Waals surface area contributed by atoms with Gasteiger partial charge in [0.15, 0.2) is 5.82 Å². The van der Waals surface area contributed by atoms with E-state index in [1.807, 2.05) is 6.92 Å². The molecule has 0 aliphatic heterocycles. The lowest BCUT2D eigenvalue weighted by Crippen LogP contribution is -2.09. The third-order valence-electron chi connectivity index (χ3n) is 3.88. The predicted molar refractivity (Wildman–Crippen MR) is 110 cm³/mol. The molecule has 156 valence electrons. The number of oxime groups is 1. The van der Waals surface area contributed by atoms with Gasteiger partial charge in [-0.2, -0.15) is 0 Å². The van der Waals surface area contributed by atoms with Crippen molar-refractivity contribution in [1.29, 1.82) is 0 Å². The molecule has 2 aromatic heterocycles. The number of nitrogens with zero attached hydrogens (tertiary/aromatic N) is 4. The standard InChI is InChI=1S/C21H21F2N5O2/c1-3-6-19(28-30-21-17(22)8-5-10-26-21)15(7-4-9-24)11-27-20(29)16-12-25-13-18(23)14(16)2/h4-5,7-13H,3,6,24H2,1-2H3/b9-4+,15-7+,27-11?,28-19+. The van der Waals surface area contributed by atoms with Crippen LogP contribution in [0.2, 0.25) is 0 Å². The van der Waals surface area contributed by atoms with Gasteiger partial charge in [0.1, 0.15) is 5.82 Å². The summed E-state index contributed by atoms with van der Waals surface area (Å²) in [5.41, 5.74) is 6.40. The van der Waals surface area contributed by atoms with Crippen molar-refractivity contribution in [2.75, 3.05) is 0 Å². The monoisotopic (exact) mass is 413 g/mol. The van der Waals surface area contributed by atoms with Crippen molar-refractivity contribution in [2.24, 2.45) is 15.9 Å². The van der Waals surface area contributed by atoms with Crippen LogP contribution in [0.15, 0.2) is 64.8 Å². The molecule has 2 aromatic rings. The zero-order chi connectivity index (χ0) is 21.9. The van der Waals surface area contributed by atoms with Gasteiger partial charge in [-0.3, -0.25) is 9.78 Å². The Bertz CT molecular complexity index is 1020. The topological polar surface area (TPSA) is 103 Å². The van der Waals surface area contributed by atoms with E-state index in [2.05, 4.69) is 20.1 Å². The Labute approximate surface area is 172 Å². The minimum Gasteiger partial charge on any atom is -0.405 e. The number of hydrogen-bond donors (Lipinski definition) is 1. The zero-order valence-electron chi connectivity index (χ0n) is 16.5. The Morgan fingerprint density at radius 1 is 1.30 bits per heavy atom. The van der Waals surface area contributed by atoms with Crippen molar-refractivity contribution in [2.45, 2.75) is 26.7 Å². The maximum absolute atomic E-state index is 13.7. The smallest absolute Gasteiger partial charge is 0.284 e. The van der Waals surface area contributed by atoms with Crippen molar-refractivity contribution < 1.29 is 18.4 Å². The number of aromatic nitrogens is 2. The number of hydrogen-bond acceptors (Lipinski definition) is 6. The summed E-state index contributed by atoms with van der Waals surface area (Å²) in [5, 5.41) is 3.98. The molecule has 0 atom stereocenters. The van der Waals surface area contributed by atoms with E-state index in [4.69, 9.17) is 10.6 Å². The molecule has 0 spiro atoms. The summed E-state index contributed by atoms with van der Waals surface area (Å²) < 4.78 is 27.4. The number of rotatable bonds is 8. The van der Waals surface area contributed by atoms with Crippen molar-refractivity contribution >= 4 is 17.8 Å². The molecule has 0 unspecified atom stereocenters. The minimum absolute atomic E-state index is 0.0424. The Hall–Kier alpha value is -3.75. The Kier molecular flexibility index (Phi) is 8.49. The van der Waals surface area contributed by atoms with Crippen LogP contribution < -0.4 is 10.6 Å². The molecule has 2 N–H and O–H groups in total. The first kappa shape index (κ1) is 22.5. The first-order valence-electron chi connectivity index (χ1n) is 9.09. The van der Waals surface area contributed by atoms with Crippen LogP contribution >= 0.6 is 0 Å². The van der Waals surface area contributed by atoms with Crippen molar-refractivity contribution in [3.63, 3.8) is 0 Å². The van der Waals surface area contributed by atoms with Crippen LogP contribution in [-0.4, -0.2) is 27.8 Å². The van der Waals surface area contributed by atoms with Gasteiger partial charge >= 0.3 is 0 Å². The van der Waals surface area contributed by atoms with Crippen LogP contribution in [0.3, 0.4) is 0 Å². The molecule has 0 fully saturated rings. The highest BCUT2D eigenvalue weighted by molar-refractivity contribution is 6.18. The molecule has 0 aliphatic carbocycles. The number of nitrogens with two attached hydrogens (primary N) is 1. The predicted octanol–water partition coefficient (Wildman–Crippen LogP) is 3.91. The molecular formula is C21H21F2N5O2. The van der Waals surface area contributed by atoms with Crippen molar-refractivity contribution in [3.05, 3.63) is 77.4 Å². The highest BCUT2D eigenvalue weighted by Gasteiger charge is 2.13. The van der Waals surface area contributed by atoms with Crippen LogP contribution in [0.5, 0.6) is 5.88 Å². The van der Waals surface area contributed by atoms with Gasteiger partial charge in [0.05, 0.1) is 17.5 Å². The average molecular weight is 413 g/mol. The largest absolute Gasteiger partial charge is 0.405 e. The summed E-state index contributed by atoms with van der Waals surface area (Å²) in [6, 6.07) is 2.62. The molecule has 7 nitrogen and oxygen atoms in total. The van der Waals surface area contributed by atoms with Gasteiger partial charge < -0.3 is 10.6 Å². The number of pyridine rings is 2. The van der Waals surface area contributed by atoms with Crippen molar-refractivity contribution in [1.82, 2.24) is 9.97 Å². The second-order valence-electron chi connectivity index (χ2n) is 6.03. The highest BCUT2D eigenvalue weighted by atomic mass is 19.1. The molecule has 9 heteroatoms. The number of allylic oxidation sites excluding steroid dienone is 3. The van der Waals surface area contributed by atoms with E-state index in [1.54, 1.807) is 6.08 Å². The minimum atomic E-state index is -0.672. The number of amides is 1. The Morgan fingerprint density at radius 3 is 2.80 bits per heavy atom. The van der Waals surface area contributed by atoms with E-state index in [-0.39, 0.29) is 17.0 Å². The first-order chi connectivity index (χ1) is 14.5. The van der Waals surface area contributed by atoms with E-state index < -0.39 is 17.5 Å². The molecule has 30 heavy (non-hydrogen) atoms. The fourth-order valence-electron chi connectivity index (χ4n) is 2.30. The maximum atomic E-state index is 13.7. The zero-order valence-corrected chi connectivity index (χ0v) is 16.5. The molecular weight excluding hydrogens is 392 g/mol. The average Bonchev–Trinajstić information content (AvgIpc) is 2.74.